The van der Waals surface area contributed by atoms with Crippen LogP contribution in [-0.4, -0.2) is 54.1 Å². The lowest BCUT2D eigenvalue weighted by Gasteiger charge is -2.38. The molecule has 0 aromatic heterocycles. The van der Waals surface area contributed by atoms with Crippen molar-refractivity contribution >= 4 is 17.8 Å². The van der Waals surface area contributed by atoms with Crippen LogP contribution < -0.4 is 5.32 Å². The zero-order chi connectivity index (χ0) is 19.4. The summed E-state index contributed by atoms with van der Waals surface area (Å²) in [6.07, 6.45) is -4.10. The maximum absolute atomic E-state index is 12.8. The highest BCUT2D eigenvalue weighted by Gasteiger charge is 2.47. The number of hydrogen-bond donors (Lipinski definition) is 1. The van der Waals surface area contributed by atoms with E-state index in [1.54, 1.807) is 20.8 Å². The van der Waals surface area contributed by atoms with Crippen molar-refractivity contribution in [3.05, 3.63) is 0 Å². The number of rotatable bonds is 4. The summed E-state index contributed by atoms with van der Waals surface area (Å²) in [7, 11) is 1.31. The van der Waals surface area contributed by atoms with Gasteiger partial charge in [-0.3, -0.25) is 14.4 Å². The minimum absolute atomic E-state index is 0.0562. The minimum atomic E-state index is -5.04. The lowest BCUT2D eigenvalue weighted by atomic mass is 9.88. The Labute approximate surface area is 145 Å². The van der Waals surface area contributed by atoms with Crippen molar-refractivity contribution in [2.45, 2.75) is 64.3 Å². The van der Waals surface area contributed by atoms with Crippen LogP contribution >= 0.6 is 0 Å². The molecule has 144 valence electrons. The van der Waals surface area contributed by atoms with Crippen molar-refractivity contribution in [1.29, 1.82) is 0 Å². The topological polar surface area (TPSA) is 75.7 Å². The molecule has 1 aliphatic heterocycles. The molecule has 25 heavy (non-hydrogen) atoms. The molecule has 1 N–H and O–H groups in total. The van der Waals surface area contributed by atoms with Gasteiger partial charge in [-0.2, -0.15) is 13.2 Å². The van der Waals surface area contributed by atoms with Gasteiger partial charge < -0.3 is 15.0 Å². The fourth-order valence-electron chi connectivity index (χ4n) is 2.82. The van der Waals surface area contributed by atoms with Gasteiger partial charge in [-0.1, -0.05) is 0 Å². The Balaban J connectivity index is 2.74. The fourth-order valence-corrected chi connectivity index (χ4v) is 2.82. The molecule has 2 amide bonds. The molecule has 1 saturated heterocycles. The average molecular weight is 366 g/mol. The van der Waals surface area contributed by atoms with E-state index >= 15 is 0 Å². The number of hydrogen-bond acceptors (Lipinski definition) is 4. The van der Waals surface area contributed by atoms with E-state index in [1.165, 1.54) is 7.05 Å². The Bertz CT molecular complexity index is 514. The fraction of sp³-hybridized carbons (Fsp3) is 0.812. The molecule has 0 aromatic rings. The van der Waals surface area contributed by atoms with Gasteiger partial charge in [-0.15, -0.1) is 0 Å². The van der Waals surface area contributed by atoms with E-state index in [-0.39, 0.29) is 25.3 Å². The van der Waals surface area contributed by atoms with Gasteiger partial charge in [-0.05, 0) is 46.0 Å². The standard InChI is InChI=1S/C16H25F3N2O4/c1-15(2,3)25-12(22)8-6-10-5-7-11(13(23)20-4)21(9-10)14(24)16(17,18)19/h10-11H,5-9H2,1-4H3,(H,20,23). The van der Waals surface area contributed by atoms with Gasteiger partial charge >= 0.3 is 18.1 Å². The smallest absolute Gasteiger partial charge is 0.460 e. The summed E-state index contributed by atoms with van der Waals surface area (Å²) in [4.78, 5) is 35.8. The Kier molecular flexibility index (Phi) is 6.84. The van der Waals surface area contributed by atoms with Crippen molar-refractivity contribution < 1.29 is 32.3 Å². The molecule has 0 aliphatic carbocycles. The van der Waals surface area contributed by atoms with Crippen molar-refractivity contribution in [2.75, 3.05) is 13.6 Å². The van der Waals surface area contributed by atoms with Gasteiger partial charge in [0.25, 0.3) is 0 Å². The molecular weight excluding hydrogens is 341 g/mol. The molecular formula is C16H25F3N2O4. The number of amides is 2. The van der Waals surface area contributed by atoms with Crippen LogP contribution in [0.5, 0.6) is 0 Å². The molecule has 0 spiro atoms. The van der Waals surface area contributed by atoms with Crippen molar-refractivity contribution in [1.82, 2.24) is 10.2 Å². The second-order valence-corrected chi connectivity index (χ2v) is 7.15. The zero-order valence-electron chi connectivity index (χ0n) is 14.9. The second-order valence-electron chi connectivity index (χ2n) is 7.15. The van der Waals surface area contributed by atoms with E-state index in [0.717, 1.165) is 0 Å². The van der Waals surface area contributed by atoms with E-state index in [9.17, 15) is 27.6 Å². The summed E-state index contributed by atoms with van der Waals surface area (Å²) in [5, 5.41) is 2.29. The first kappa shape index (κ1) is 21.2. The molecule has 6 nitrogen and oxygen atoms in total. The predicted octanol–water partition coefficient (Wildman–Crippen LogP) is 2.02. The van der Waals surface area contributed by atoms with Gasteiger partial charge in [-0.25, -0.2) is 0 Å². The third-order valence-electron chi connectivity index (χ3n) is 3.91. The van der Waals surface area contributed by atoms with Gasteiger partial charge in [0.05, 0.1) is 0 Å². The lowest BCUT2D eigenvalue weighted by Crippen LogP contribution is -2.56. The molecule has 0 bridgehead atoms. The second kappa shape index (κ2) is 8.05. The zero-order valence-corrected chi connectivity index (χ0v) is 14.9. The summed E-state index contributed by atoms with van der Waals surface area (Å²) in [5.74, 6) is -3.37. The first-order valence-electron chi connectivity index (χ1n) is 8.16. The maximum atomic E-state index is 12.8. The number of likely N-dealkylation sites (N-methyl/N-ethyl adjacent to an activating group) is 1. The van der Waals surface area contributed by atoms with Crippen molar-refractivity contribution in [2.24, 2.45) is 5.92 Å². The van der Waals surface area contributed by atoms with E-state index < -0.39 is 35.6 Å². The van der Waals surface area contributed by atoms with Gasteiger partial charge in [0.15, 0.2) is 0 Å². The highest BCUT2D eigenvalue weighted by atomic mass is 19.4. The minimum Gasteiger partial charge on any atom is -0.460 e. The van der Waals surface area contributed by atoms with Gasteiger partial charge in [0, 0.05) is 20.0 Å². The third kappa shape index (κ3) is 6.55. The average Bonchev–Trinajstić information content (AvgIpc) is 2.48. The quantitative estimate of drug-likeness (QED) is 0.773. The van der Waals surface area contributed by atoms with E-state index in [2.05, 4.69) is 5.32 Å². The van der Waals surface area contributed by atoms with Crippen LogP contribution in [0.15, 0.2) is 0 Å². The number of ether oxygens (including phenoxy) is 1. The number of nitrogens with zero attached hydrogens (tertiary/aromatic N) is 1. The number of halogens is 3. The highest BCUT2D eigenvalue weighted by molar-refractivity contribution is 5.90. The molecule has 2 atom stereocenters. The maximum Gasteiger partial charge on any atom is 0.471 e. The summed E-state index contributed by atoms with van der Waals surface area (Å²) in [6.45, 7) is 4.97. The number of likely N-dealkylation sites (tertiary alicyclic amines) is 1. The summed E-state index contributed by atoms with van der Waals surface area (Å²) >= 11 is 0. The van der Waals surface area contributed by atoms with Crippen LogP contribution in [0.2, 0.25) is 0 Å². The van der Waals surface area contributed by atoms with Crippen LogP contribution in [0, 0.1) is 5.92 Å². The Morgan fingerprint density at radius 2 is 1.76 bits per heavy atom. The van der Waals surface area contributed by atoms with Crippen LogP contribution in [0.3, 0.4) is 0 Å². The van der Waals surface area contributed by atoms with Crippen molar-refractivity contribution in [3.63, 3.8) is 0 Å². The highest BCUT2D eigenvalue weighted by Crippen LogP contribution is 2.30. The Morgan fingerprint density at radius 3 is 2.24 bits per heavy atom. The number of carbonyl (C=O) groups is 3. The largest absolute Gasteiger partial charge is 0.471 e. The molecule has 9 heteroatoms. The SMILES string of the molecule is CNC(=O)C1CCC(CCC(=O)OC(C)(C)C)CN1C(=O)C(F)(F)F. The van der Waals surface area contributed by atoms with Crippen LogP contribution in [0.25, 0.3) is 0 Å². The monoisotopic (exact) mass is 366 g/mol. The number of piperidine rings is 1. The first-order valence-corrected chi connectivity index (χ1v) is 8.16. The van der Waals surface area contributed by atoms with Crippen LogP contribution in [0.4, 0.5) is 13.2 Å². The molecule has 1 rings (SSSR count). The molecule has 1 fully saturated rings. The van der Waals surface area contributed by atoms with Gasteiger partial charge in [0.1, 0.15) is 11.6 Å². The molecule has 2 unspecified atom stereocenters. The number of nitrogens with one attached hydrogen (secondary N) is 1. The van der Waals surface area contributed by atoms with E-state index in [0.29, 0.717) is 17.7 Å². The number of esters is 1. The summed E-state index contributed by atoms with van der Waals surface area (Å²) in [5.41, 5.74) is -0.633. The lowest BCUT2D eigenvalue weighted by molar-refractivity contribution is -0.190. The van der Waals surface area contributed by atoms with Gasteiger partial charge in [0.2, 0.25) is 5.91 Å². The number of alkyl halides is 3. The molecule has 0 radical (unpaired) electrons. The normalized spacial score (nSPS) is 21.6. The summed E-state index contributed by atoms with van der Waals surface area (Å²) in [6, 6.07) is -1.14. The Hall–Kier alpha value is -1.80. The third-order valence-corrected chi connectivity index (χ3v) is 3.91. The van der Waals surface area contributed by atoms with E-state index in [4.69, 9.17) is 4.74 Å². The van der Waals surface area contributed by atoms with E-state index in [1.807, 2.05) is 0 Å². The molecule has 1 heterocycles. The van der Waals surface area contributed by atoms with Crippen molar-refractivity contribution in [3.8, 4) is 0 Å². The molecule has 0 saturated carbocycles. The molecule has 0 aromatic carbocycles. The number of carbonyl (C=O) groups excluding carboxylic acids is 3. The Morgan fingerprint density at radius 1 is 1.16 bits per heavy atom. The molecule has 1 aliphatic rings. The van der Waals surface area contributed by atoms with Crippen LogP contribution in [0.1, 0.15) is 46.5 Å². The predicted molar refractivity (Wildman–Crippen MR) is 83.4 cm³/mol. The first-order chi connectivity index (χ1) is 11.3. The summed E-state index contributed by atoms with van der Waals surface area (Å²) < 4.78 is 43.6. The van der Waals surface area contributed by atoms with Crippen LogP contribution in [-0.2, 0) is 19.1 Å².